The highest BCUT2D eigenvalue weighted by atomic mass is 35.5. The number of alkyl halides is 1. The largest absolute Gasteiger partial charge is 0.383 e. The second-order valence-electron chi connectivity index (χ2n) is 3.37. The number of nitro groups is 1. The number of methoxy groups -OCH3 is 1. The van der Waals surface area contributed by atoms with Gasteiger partial charge in [0, 0.05) is 32.1 Å². The predicted molar refractivity (Wildman–Crippen MR) is 69.5 cm³/mol. The van der Waals surface area contributed by atoms with Crippen LogP contribution in [0.4, 0.5) is 5.00 Å². The molecule has 0 fully saturated rings. The minimum Gasteiger partial charge on any atom is -0.383 e. The molecule has 0 N–H and O–H groups in total. The lowest BCUT2D eigenvalue weighted by Gasteiger charge is -2.20. The molecule has 0 spiro atoms. The maximum atomic E-state index is 12.1. The first-order valence-electron chi connectivity index (χ1n) is 5.18. The number of amides is 1. The van der Waals surface area contributed by atoms with E-state index in [1.165, 1.54) is 17.0 Å². The predicted octanol–water partition coefficient (Wildman–Crippen LogP) is 1.98. The highest BCUT2D eigenvalue weighted by Gasteiger charge is 2.20. The van der Waals surface area contributed by atoms with Crippen LogP contribution in [-0.2, 0) is 4.74 Å². The van der Waals surface area contributed by atoms with Crippen molar-refractivity contribution in [1.82, 2.24) is 4.90 Å². The first-order chi connectivity index (χ1) is 8.60. The molecule has 0 bridgehead atoms. The third kappa shape index (κ3) is 3.94. The quantitative estimate of drug-likeness (QED) is 0.438. The van der Waals surface area contributed by atoms with Gasteiger partial charge in [0.05, 0.1) is 16.4 Å². The zero-order valence-corrected chi connectivity index (χ0v) is 11.4. The molecule has 0 unspecified atom stereocenters. The van der Waals surface area contributed by atoms with Gasteiger partial charge in [-0.25, -0.2) is 0 Å². The number of nitrogens with zero attached hydrogens (tertiary/aromatic N) is 2. The Bertz CT molecular complexity index is 424. The van der Waals surface area contributed by atoms with E-state index in [-0.39, 0.29) is 10.9 Å². The van der Waals surface area contributed by atoms with Gasteiger partial charge in [-0.2, -0.15) is 0 Å². The van der Waals surface area contributed by atoms with Gasteiger partial charge in [-0.15, -0.1) is 11.6 Å². The first kappa shape index (κ1) is 14.9. The van der Waals surface area contributed by atoms with E-state index >= 15 is 0 Å². The molecule has 18 heavy (non-hydrogen) atoms. The Labute approximate surface area is 113 Å². The maximum absolute atomic E-state index is 12.1. The fraction of sp³-hybridized carbons (Fsp3) is 0.500. The summed E-state index contributed by atoms with van der Waals surface area (Å²) in [5, 5.41) is 10.5. The Morgan fingerprint density at radius 1 is 1.56 bits per heavy atom. The molecule has 1 heterocycles. The number of rotatable bonds is 7. The number of carbonyl (C=O) groups excluding carboxylic acids is 1. The summed E-state index contributed by atoms with van der Waals surface area (Å²) in [4.78, 5) is 24.0. The number of ether oxygens (including phenoxy) is 1. The van der Waals surface area contributed by atoms with Crippen LogP contribution in [-0.4, -0.2) is 48.4 Å². The monoisotopic (exact) mass is 292 g/mol. The van der Waals surface area contributed by atoms with Crippen molar-refractivity contribution in [2.24, 2.45) is 0 Å². The average Bonchev–Trinajstić information content (AvgIpc) is 2.83. The zero-order valence-electron chi connectivity index (χ0n) is 9.80. The molecule has 0 aliphatic heterocycles. The normalized spacial score (nSPS) is 10.3. The molecule has 6 nitrogen and oxygen atoms in total. The Morgan fingerprint density at radius 3 is 2.78 bits per heavy atom. The number of hydrogen-bond donors (Lipinski definition) is 0. The standard InChI is InChI=1S/C10H13ClN2O4S/c1-17-7-6-12(5-4-11)10(14)8-2-3-9(18-8)13(15)16/h2-3H,4-7H2,1H3. The van der Waals surface area contributed by atoms with Crippen molar-refractivity contribution in [3.8, 4) is 0 Å². The summed E-state index contributed by atoms with van der Waals surface area (Å²) in [6.07, 6.45) is 0. The summed E-state index contributed by atoms with van der Waals surface area (Å²) >= 11 is 6.49. The van der Waals surface area contributed by atoms with Crippen molar-refractivity contribution in [1.29, 1.82) is 0 Å². The van der Waals surface area contributed by atoms with Crippen molar-refractivity contribution < 1.29 is 14.5 Å². The summed E-state index contributed by atoms with van der Waals surface area (Å²) in [6, 6.07) is 2.78. The third-order valence-electron chi connectivity index (χ3n) is 2.19. The van der Waals surface area contributed by atoms with Crippen LogP contribution in [0.15, 0.2) is 12.1 Å². The van der Waals surface area contributed by atoms with Crippen LogP contribution < -0.4 is 0 Å². The molecule has 0 saturated heterocycles. The number of halogens is 1. The molecule has 0 aromatic carbocycles. The summed E-state index contributed by atoms with van der Waals surface area (Å²) in [5.74, 6) is 0.0499. The second-order valence-corrected chi connectivity index (χ2v) is 4.81. The van der Waals surface area contributed by atoms with Crippen molar-refractivity contribution in [2.45, 2.75) is 0 Å². The van der Waals surface area contributed by atoms with Gasteiger partial charge >= 0.3 is 5.00 Å². The lowest BCUT2D eigenvalue weighted by molar-refractivity contribution is -0.380. The lowest BCUT2D eigenvalue weighted by Crippen LogP contribution is -2.35. The molecule has 100 valence electrons. The third-order valence-corrected chi connectivity index (χ3v) is 3.38. The summed E-state index contributed by atoms with van der Waals surface area (Å²) in [5.41, 5.74) is 0. The van der Waals surface area contributed by atoms with E-state index in [1.54, 1.807) is 7.11 Å². The van der Waals surface area contributed by atoms with Crippen LogP contribution in [0.1, 0.15) is 9.67 Å². The fourth-order valence-electron chi connectivity index (χ4n) is 1.31. The van der Waals surface area contributed by atoms with Crippen molar-refractivity contribution >= 4 is 33.8 Å². The first-order valence-corrected chi connectivity index (χ1v) is 6.53. The van der Waals surface area contributed by atoms with Crippen molar-refractivity contribution in [2.75, 3.05) is 32.7 Å². The SMILES string of the molecule is COCCN(CCCl)C(=O)c1ccc([N+](=O)[O-])s1. The fourth-order valence-corrected chi connectivity index (χ4v) is 2.31. The molecule has 0 atom stereocenters. The number of hydrogen-bond acceptors (Lipinski definition) is 5. The molecule has 8 heteroatoms. The van der Waals surface area contributed by atoms with Crippen LogP contribution in [0.2, 0.25) is 0 Å². The van der Waals surface area contributed by atoms with E-state index in [0.717, 1.165) is 11.3 Å². The summed E-state index contributed by atoms with van der Waals surface area (Å²) < 4.78 is 4.91. The Morgan fingerprint density at radius 2 is 2.28 bits per heavy atom. The molecule has 1 aromatic heterocycles. The van der Waals surface area contributed by atoms with Gasteiger partial charge in [0.25, 0.3) is 5.91 Å². The van der Waals surface area contributed by atoms with Crippen molar-refractivity contribution in [3.05, 3.63) is 27.1 Å². The van der Waals surface area contributed by atoms with Crippen LogP contribution in [0, 0.1) is 10.1 Å². The maximum Gasteiger partial charge on any atom is 0.324 e. The Kier molecular flexibility index (Phi) is 6.03. The number of carbonyl (C=O) groups is 1. The number of thiophene rings is 1. The summed E-state index contributed by atoms with van der Waals surface area (Å²) in [7, 11) is 1.54. The Hall–Kier alpha value is -1.18. The van der Waals surface area contributed by atoms with Gasteiger partial charge in [-0.1, -0.05) is 11.3 Å². The zero-order chi connectivity index (χ0) is 13.5. The van der Waals surface area contributed by atoms with Gasteiger partial charge in [0.1, 0.15) is 0 Å². The highest BCUT2D eigenvalue weighted by Crippen LogP contribution is 2.25. The summed E-state index contributed by atoms with van der Waals surface area (Å²) in [6.45, 7) is 1.19. The van der Waals surface area contributed by atoms with Gasteiger partial charge in [-0.3, -0.25) is 14.9 Å². The molecule has 0 saturated carbocycles. The molecular weight excluding hydrogens is 280 g/mol. The van der Waals surface area contributed by atoms with E-state index in [1.807, 2.05) is 0 Å². The van der Waals surface area contributed by atoms with E-state index < -0.39 is 4.92 Å². The van der Waals surface area contributed by atoms with E-state index in [2.05, 4.69) is 0 Å². The molecule has 0 aliphatic carbocycles. The van der Waals surface area contributed by atoms with Gasteiger partial charge in [-0.05, 0) is 6.07 Å². The lowest BCUT2D eigenvalue weighted by atomic mass is 10.4. The smallest absolute Gasteiger partial charge is 0.324 e. The van der Waals surface area contributed by atoms with Crippen LogP contribution in [0.25, 0.3) is 0 Å². The van der Waals surface area contributed by atoms with E-state index in [4.69, 9.17) is 16.3 Å². The minimum atomic E-state index is -0.511. The minimum absolute atomic E-state index is 0.0454. The van der Waals surface area contributed by atoms with Crippen LogP contribution in [0.3, 0.4) is 0 Å². The average molecular weight is 293 g/mol. The van der Waals surface area contributed by atoms with Crippen LogP contribution in [0.5, 0.6) is 0 Å². The molecule has 0 aliphatic rings. The van der Waals surface area contributed by atoms with Gasteiger partial charge < -0.3 is 9.64 Å². The highest BCUT2D eigenvalue weighted by molar-refractivity contribution is 7.17. The van der Waals surface area contributed by atoms with E-state index in [9.17, 15) is 14.9 Å². The van der Waals surface area contributed by atoms with Gasteiger partial charge in [0.2, 0.25) is 0 Å². The molecule has 1 aromatic rings. The topological polar surface area (TPSA) is 72.7 Å². The molecule has 1 rings (SSSR count). The molecular formula is C10H13ClN2O4S. The molecule has 0 radical (unpaired) electrons. The molecule has 1 amide bonds. The van der Waals surface area contributed by atoms with Gasteiger partial charge in [0.15, 0.2) is 0 Å². The second kappa shape index (κ2) is 7.30. The van der Waals surface area contributed by atoms with Crippen LogP contribution >= 0.6 is 22.9 Å². The van der Waals surface area contributed by atoms with Crippen molar-refractivity contribution in [3.63, 3.8) is 0 Å². The Balaban J connectivity index is 2.77. The van der Waals surface area contributed by atoms with E-state index in [0.29, 0.717) is 30.5 Å².